The lowest BCUT2D eigenvalue weighted by molar-refractivity contribution is 0.581. The van der Waals surface area contributed by atoms with Gasteiger partial charge in [-0.1, -0.05) is 17.7 Å². The summed E-state index contributed by atoms with van der Waals surface area (Å²) in [5.41, 5.74) is 3.57. The van der Waals surface area contributed by atoms with E-state index < -0.39 is 15.8 Å². The summed E-state index contributed by atoms with van der Waals surface area (Å²) >= 11 is 5.64. The molecule has 2 rings (SSSR count). The van der Waals surface area contributed by atoms with Crippen LogP contribution in [0.3, 0.4) is 0 Å². The van der Waals surface area contributed by atoms with Gasteiger partial charge in [0.2, 0.25) is 10.0 Å². The Balaban J connectivity index is 2.11. The van der Waals surface area contributed by atoms with Crippen LogP contribution in [0.2, 0.25) is 5.02 Å². The molecule has 112 valence electrons. The second kappa shape index (κ2) is 6.40. The lowest BCUT2D eigenvalue weighted by atomic mass is 10.2. The Hall–Kier alpha value is -1.67. The number of nitrogen functional groups attached to an aromatic ring is 1. The van der Waals surface area contributed by atoms with Crippen molar-refractivity contribution in [3.8, 4) is 0 Å². The molecule has 0 spiro atoms. The average Bonchev–Trinajstić information content (AvgIpc) is 2.48. The van der Waals surface area contributed by atoms with Crippen LogP contribution in [-0.4, -0.2) is 8.42 Å². The maximum Gasteiger partial charge on any atom is 0.240 e. The fraction of sp³-hybridized carbons (Fsp3) is 0.0769. The fourth-order valence-corrected chi connectivity index (χ4v) is 2.86. The molecule has 0 radical (unpaired) electrons. The molecule has 0 amide bonds. The molecule has 5 nitrogen and oxygen atoms in total. The van der Waals surface area contributed by atoms with Crippen molar-refractivity contribution < 1.29 is 12.8 Å². The molecule has 8 heteroatoms. The van der Waals surface area contributed by atoms with E-state index in [1.165, 1.54) is 30.3 Å². The summed E-state index contributed by atoms with van der Waals surface area (Å²) in [6.45, 7) is 0.0131. The van der Waals surface area contributed by atoms with Gasteiger partial charge in [-0.05, 0) is 42.0 Å². The molecule has 0 fully saturated rings. The van der Waals surface area contributed by atoms with Crippen molar-refractivity contribution in [3.63, 3.8) is 0 Å². The number of benzene rings is 2. The van der Waals surface area contributed by atoms with E-state index in [1.54, 1.807) is 12.1 Å². The largest absolute Gasteiger partial charge is 0.324 e. The van der Waals surface area contributed by atoms with Crippen LogP contribution in [0, 0.1) is 5.82 Å². The number of nitrogens with two attached hydrogens (primary N) is 1. The number of halogens is 2. The highest BCUT2D eigenvalue weighted by molar-refractivity contribution is 7.89. The smallest absolute Gasteiger partial charge is 0.240 e. The molecule has 4 N–H and O–H groups in total. The molecule has 0 heterocycles. The second-order valence-corrected chi connectivity index (χ2v) is 6.42. The van der Waals surface area contributed by atoms with Crippen LogP contribution in [0.25, 0.3) is 0 Å². The molecule has 0 aliphatic heterocycles. The summed E-state index contributed by atoms with van der Waals surface area (Å²) < 4.78 is 39.6. The third-order valence-electron chi connectivity index (χ3n) is 2.78. The van der Waals surface area contributed by atoms with E-state index in [1.807, 2.05) is 0 Å². The highest BCUT2D eigenvalue weighted by Crippen LogP contribution is 2.17. The van der Waals surface area contributed by atoms with E-state index in [0.717, 1.165) is 0 Å². The van der Waals surface area contributed by atoms with Crippen LogP contribution < -0.4 is 16.0 Å². The molecule has 0 unspecified atom stereocenters. The first-order chi connectivity index (χ1) is 9.92. The van der Waals surface area contributed by atoms with Gasteiger partial charge in [-0.3, -0.25) is 5.84 Å². The Labute approximate surface area is 126 Å². The fourth-order valence-electron chi connectivity index (χ4n) is 1.64. The van der Waals surface area contributed by atoms with E-state index in [4.69, 9.17) is 17.4 Å². The molecular weight excluding hydrogens is 317 g/mol. The van der Waals surface area contributed by atoms with E-state index in [0.29, 0.717) is 11.3 Å². The minimum absolute atomic E-state index is 0.0131. The van der Waals surface area contributed by atoms with Gasteiger partial charge in [-0.15, -0.1) is 0 Å². The Morgan fingerprint density at radius 2 is 1.81 bits per heavy atom. The second-order valence-electron chi connectivity index (χ2n) is 4.24. The van der Waals surface area contributed by atoms with Crippen LogP contribution in [0.1, 0.15) is 5.56 Å². The van der Waals surface area contributed by atoms with Crippen molar-refractivity contribution in [2.75, 3.05) is 5.43 Å². The van der Waals surface area contributed by atoms with E-state index in [-0.39, 0.29) is 16.5 Å². The minimum atomic E-state index is -3.66. The summed E-state index contributed by atoms with van der Waals surface area (Å²) in [4.78, 5) is 0.106. The van der Waals surface area contributed by atoms with Crippen LogP contribution in [-0.2, 0) is 16.6 Å². The lowest BCUT2D eigenvalue weighted by Gasteiger charge is -2.08. The van der Waals surface area contributed by atoms with Crippen LogP contribution >= 0.6 is 11.6 Å². The van der Waals surface area contributed by atoms with Gasteiger partial charge < -0.3 is 5.43 Å². The molecule has 21 heavy (non-hydrogen) atoms. The number of rotatable bonds is 5. The zero-order chi connectivity index (χ0) is 15.5. The van der Waals surface area contributed by atoms with Crippen LogP contribution in [0.4, 0.5) is 10.1 Å². The van der Waals surface area contributed by atoms with Crippen molar-refractivity contribution in [1.82, 2.24) is 4.72 Å². The predicted molar refractivity (Wildman–Crippen MR) is 79.7 cm³/mol. The van der Waals surface area contributed by atoms with Crippen LogP contribution in [0.5, 0.6) is 0 Å². The first kappa shape index (κ1) is 15.7. The summed E-state index contributed by atoms with van der Waals surface area (Å²) in [6, 6.07) is 9.97. The first-order valence-corrected chi connectivity index (χ1v) is 7.79. The van der Waals surface area contributed by atoms with Crippen molar-refractivity contribution in [2.45, 2.75) is 11.4 Å². The first-order valence-electron chi connectivity index (χ1n) is 5.92. The molecule has 2 aromatic rings. The van der Waals surface area contributed by atoms with Gasteiger partial charge in [0.1, 0.15) is 5.82 Å². The quantitative estimate of drug-likeness (QED) is 0.580. The summed E-state index contributed by atoms with van der Waals surface area (Å²) in [5.74, 6) is 4.66. The minimum Gasteiger partial charge on any atom is -0.324 e. The molecular formula is C13H13ClFN3O2S. The van der Waals surface area contributed by atoms with Gasteiger partial charge in [0.05, 0.1) is 9.92 Å². The number of hydrogen-bond acceptors (Lipinski definition) is 4. The van der Waals surface area contributed by atoms with Crippen molar-refractivity contribution in [1.29, 1.82) is 0 Å². The highest BCUT2D eigenvalue weighted by atomic mass is 35.5. The zero-order valence-electron chi connectivity index (χ0n) is 10.8. The normalized spacial score (nSPS) is 11.4. The van der Waals surface area contributed by atoms with Crippen molar-refractivity contribution in [3.05, 3.63) is 58.9 Å². The lowest BCUT2D eigenvalue weighted by Crippen LogP contribution is -2.23. The van der Waals surface area contributed by atoms with E-state index in [2.05, 4.69) is 10.1 Å². The third kappa shape index (κ3) is 3.92. The standard InChI is InChI=1S/C13H13ClFN3O2S/c14-12-7-9(1-6-13(12)15)8-17-21(19,20)11-4-2-10(18-16)3-5-11/h1-7,17-18H,8,16H2. The summed E-state index contributed by atoms with van der Waals surface area (Å²) in [7, 11) is -3.66. The molecule has 0 saturated heterocycles. The molecule has 0 atom stereocenters. The number of hydrogen-bond donors (Lipinski definition) is 3. The summed E-state index contributed by atoms with van der Waals surface area (Å²) in [5, 5.41) is -0.0509. The SMILES string of the molecule is NNc1ccc(S(=O)(=O)NCc2ccc(F)c(Cl)c2)cc1. The molecule has 2 aromatic carbocycles. The Morgan fingerprint density at radius 3 is 2.38 bits per heavy atom. The maximum absolute atomic E-state index is 13.0. The number of anilines is 1. The maximum atomic E-state index is 13.0. The van der Waals surface area contributed by atoms with E-state index >= 15 is 0 Å². The monoisotopic (exact) mass is 329 g/mol. The Kier molecular flexibility index (Phi) is 4.79. The predicted octanol–water partition coefficient (Wildman–Crippen LogP) is 2.24. The number of nitrogens with one attached hydrogen (secondary N) is 2. The topological polar surface area (TPSA) is 84.2 Å². The molecule has 0 aromatic heterocycles. The number of sulfonamides is 1. The van der Waals surface area contributed by atoms with Gasteiger partial charge in [0.15, 0.2) is 0 Å². The molecule has 0 aliphatic rings. The Bertz CT molecular complexity index is 736. The average molecular weight is 330 g/mol. The van der Waals surface area contributed by atoms with Crippen molar-refractivity contribution >= 4 is 27.3 Å². The van der Waals surface area contributed by atoms with Gasteiger partial charge in [-0.25, -0.2) is 17.5 Å². The molecule has 0 bridgehead atoms. The van der Waals surface area contributed by atoms with Crippen molar-refractivity contribution in [2.24, 2.45) is 5.84 Å². The van der Waals surface area contributed by atoms with Crippen LogP contribution in [0.15, 0.2) is 47.4 Å². The van der Waals surface area contributed by atoms with Gasteiger partial charge in [0.25, 0.3) is 0 Å². The van der Waals surface area contributed by atoms with E-state index in [9.17, 15) is 12.8 Å². The summed E-state index contributed by atoms with van der Waals surface area (Å²) in [6.07, 6.45) is 0. The van der Waals surface area contributed by atoms with Gasteiger partial charge in [-0.2, -0.15) is 0 Å². The Morgan fingerprint density at radius 1 is 1.14 bits per heavy atom. The van der Waals surface area contributed by atoms with Gasteiger partial charge >= 0.3 is 0 Å². The number of hydrazine groups is 1. The third-order valence-corrected chi connectivity index (χ3v) is 4.49. The highest BCUT2D eigenvalue weighted by Gasteiger charge is 2.13. The molecule has 0 saturated carbocycles. The van der Waals surface area contributed by atoms with Gasteiger partial charge in [0, 0.05) is 12.2 Å². The molecule has 0 aliphatic carbocycles. The zero-order valence-corrected chi connectivity index (χ0v) is 12.4.